The lowest BCUT2D eigenvalue weighted by Gasteiger charge is -2.49. The highest BCUT2D eigenvalue weighted by Crippen LogP contribution is 2.34. The van der Waals surface area contributed by atoms with Gasteiger partial charge in [-0.25, -0.2) is 0 Å². The zero-order valence-electron chi connectivity index (χ0n) is 12.6. The van der Waals surface area contributed by atoms with E-state index in [1.807, 2.05) is 6.92 Å². The smallest absolute Gasteiger partial charge is 0.227 e. The molecule has 5 heteroatoms. The van der Waals surface area contributed by atoms with Crippen LogP contribution in [0.2, 0.25) is 0 Å². The van der Waals surface area contributed by atoms with Gasteiger partial charge in [0.05, 0.1) is 0 Å². The van der Waals surface area contributed by atoms with Gasteiger partial charge in [-0.1, -0.05) is 18.5 Å². The van der Waals surface area contributed by atoms with Crippen molar-refractivity contribution in [3.8, 4) is 0 Å². The largest absolute Gasteiger partial charge is 0.339 e. The van der Waals surface area contributed by atoms with Gasteiger partial charge in [-0.3, -0.25) is 4.90 Å². The molecule has 1 aromatic rings. The summed E-state index contributed by atoms with van der Waals surface area (Å²) < 4.78 is 5.24. The van der Waals surface area contributed by atoms with Gasteiger partial charge in [0.1, 0.15) is 0 Å². The van der Waals surface area contributed by atoms with Crippen LogP contribution in [0.1, 0.15) is 50.7 Å². The van der Waals surface area contributed by atoms with Crippen LogP contribution in [-0.4, -0.2) is 46.3 Å². The number of rotatable bonds is 5. The first-order chi connectivity index (χ1) is 9.76. The summed E-state index contributed by atoms with van der Waals surface area (Å²) in [5, 5.41) is 7.52. The summed E-state index contributed by atoms with van der Waals surface area (Å²) in [5.41, 5.74) is 0. The van der Waals surface area contributed by atoms with Crippen molar-refractivity contribution in [2.75, 3.05) is 13.1 Å². The first-order valence-electron chi connectivity index (χ1n) is 8.04. The Morgan fingerprint density at radius 1 is 1.30 bits per heavy atom. The molecule has 0 radical (unpaired) electrons. The highest BCUT2D eigenvalue weighted by molar-refractivity contribution is 4.96. The Kier molecular flexibility index (Phi) is 4.36. The highest BCUT2D eigenvalue weighted by Gasteiger charge is 2.37. The zero-order valence-corrected chi connectivity index (χ0v) is 12.6. The fourth-order valence-corrected chi connectivity index (χ4v) is 3.97. The monoisotopic (exact) mass is 278 g/mol. The van der Waals surface area contributed by atoms with Crippen LogP contribution in [0.15, 0.2) is 4.52 Å². The van der Waals surface area contributed by atoms with Crippen LogP contribution in [-0.2, 0) is 6.42 Å². The van der Waals surface area contributed by atoms with Crippen molar-refractivity contribution < 1.29 is 4.52 Å². The van der Waals surface area contributed by atoms with Crippen molar-refractivity contribution >= 4 is 0 Å². The molecule has 0 aliphatic carbocycles. The summed E-state index contributed by atoms with van der Waals surface area (Å²) in [6, 6.07) is 2.21. The van der Waals surface area contributed by atoms with Gasteiger partial charge in [0.15, 0.2) is 5.82 Å². The van der Waals surface area contributed by atoms with E-state index in [1.54, 1.807) is 0 Å². The van der Waals surface area contributed by atoms with Crippen LogP contribution in [0.3, 0.4) is 0 Å². The molecule has 1 aromatic heterocycles. The molecular weight excluding hydrogens is 252 g/mol. The Labute approximate surface area is 121 Å². The van der Waals surface area contributed by atoms with Crippen LogP contribution in [0.4, 0.5) is 0 Å². The number of hydrogen-bond acceptors (Lipinski definition) is 5. The van der Waals surface area contributed by atoms with E-state index in [-0.39, 0.29) is 0 Å². The molecule has 2 fully saturated rings. The Bertz CT molecular complexity index is 419. The second kappa shape index (κ2) is 6.22. The number of fused-ring (bicyclic) bond motifs is 2. The van der Waals surface area contributed by atoms with E-state index in [1.165, 1.54) is 32.1 Å². The third kappa shape index (κ3) is 3.04. The second-order valence-electron chi connectivity index (χ2n) is 6.19. The van der Waals surface area contributed by atoms with Crippen LogP contribution < -0.4 is 5.32 Å². The predicted molar refractivity (Wildman–Crippen MR) is 77.6 cm³/mol. The maximum absolute atomic E-state index is 5.24. The van der Waals surface area contributed by atoms with E-state index in [0.717, 1.165) is 49.4 Å². The minimum absolute atomic E-state index is 0.720. The molecule has 20 heavy (non-hydrogen) atoms. The number of piperidine rings is 2. The van der Waals surface area contributed by atoms with Gasteiger partial charge in [-0.15, -0.1) is 0 Å². The van der Waals surface area contributed by atoms with Crippen LogP contribution >= 0.6 is 0 Å². The molecule has 3 heterocycles. The summed E-state index contributed by atoms with van der Waals surface area (Å²) in [6.45, 7) is 6.24. The fourth-order valence-electron chi connectivity index (χ4n) is 3.97. The van der Waals surface area contributed by atoms with Crippen molar-refractivity contribution in [1.29, 1.82) is 0 Å². The van der Waals surface area contributed by atoms with Gasteiger partial charge in [0, 0.05) is 31.1 Å². The van der Waals surface area contributed by atoms with E-state index in [9.17, 15) is 0 Å². The molecule has 2 aliphatic rings. The maximum Gasteiger partial charge on any atom is 0.227 e. The van der Waals surface area contributed by atoms with E-state index in [0.29, 0.717) is 0 Å². The van der Waals surface area contributed by atoms with Gasteiger partial charge >= 0.3 is 0 Å². The third-order valence-electron chi connectivity index (χ3n) is 4.77. The normalized spacial score (nSPS) is 30.6. The summed E-state index contributed by atoms with van der Waals surface area (Å²) in [7, 11) is 0. The molecule has 0 aromatic carbocycles. The first-order valence-corrected chi connectivity index (χ1v) is 8.04. The minimum Gasteiger partial charge on any atom is -0.339 e. The first kappa shape index (κ1) is 14.0. The fraction of sp³-hybridized carbons (Fsp3) is 0.867. The third-order valence-corrected chi connectivity index (χ3v) is 4.77. The Balaban J connectivity index is 1.59. The van der Waals surface area contributed by atoms with Crippen molar-refractivity contribution in [2.45, 2.75) is 70.5 Å². The molecule has 1 N–H and O–H groups in total. The molecule has 5 nitrogen and oxygen atoms in total. The van der Waals surface area contributed by atoms with Gasteiger partial charge in [-0.05, 0) is 39.2 Å². The molecule has 2 bridgehead atoms. The van der Waals surface area contributed by atoms with Gasteiger partial charge in [0.2, 0.25) is 5.89 Å². The quantitative estimate of drug-likeness (QED) is 0.891. The highest BCUT2D eigenvalue weighted by atomic mass is 16.5. The van der Waals surface area contributed by atoms with Crippen molar-refractivity contribution in [3.63, 3.8) is 0 Å². The molecule has 0 amide bonds. The van der Waals surface area contributed by atoms with E-state index < -0.39 is 0 Å². The molecule has 0 spiro atoms. The Hall–Kier alpha value is -0.940. The van der Waals surface area contributed by atoms with Crippen molar-refractivity contribution in [2.24, 2.45) is 0 Å². The van der Waals surface area contributed by atoms with Crippen LogP contribution in [0, 0.1) is 6.92 Å². The molecule has 2 saturated heterocycles. The molecule has 0 saturated carbocycles. The molecule has 2 unspecified atom stereocenters. The van der Waals surface area contributed by atoms with Crippen LogP contribution in [0.25, 0.3) is 0 Å². The maximum atomic E-state index is 5.24. The number of aromatic nitrogens is 2. The summed E-state index contributed by atoms with van der Waals surface area (Å²) in [6.07, 6.45) is 7.58. The number of nitrogens with one attached hydrogen (secondary N) is 1. The molecule has 112 valence electrons. The van der Waals surface area contributed by atoms with E-state index >= 15 is 0 Å². The predicted octanol–water partition coefficient (Wildman–Crippen LogP) is 1.92. The lowest BCUT2D eigenvalue weighted by Crippen LogP contribution is -2.56. The van der Waals surface area contributed by atoms with Crippen LogP contribution in [0.5, 0.6) is 0 Å². The van der Waals surface area contributed by atoms with E-state index in [2.05, 4.69) is 27.3 Å². The van der Waals surface area contributed by atoms with Crippen molar-refractivity contribution in [1.82, 2.24) is 20.4 Å². The van der Waals surface area contributed by atoms with Gasteiger partial charge < -0.3 is 9.84 Å². The molecule has 2 atom stereocenters. The minimum atomic E-state index is 0.720. The topological polar surface area (TPSA) is 54.2 Å². The summed E-state index contributed by atoms with van der Waals surface area (Å²) in [5.74, 6) is 1.53. The van der Waals surface area contributed by atoms with Gasteiger partial charge in [0.25, 0.3) is 0 Å². The standard InChI is InChI=1S/C15H26N4O/c1-3-16-12-9-13-5-4-6-14(10-12)19(13)8-7-15-17-11(2)18-20-15/h12-14,16H,3-10H2,1-2H3. The van der Waals surface area contributed by atoms with E-state index in [4.69, 9.17) is 4.52 Å². The second-order valence-corrected chi connectivity index (χ2v) is 6.19. The zero-order chi connectivity index (χ0) is 13.9. The number of hydrogen-bond donors (Lipinski definition) is 1. The average molecular weight is 278 g/mol. The summed E-state index contributed by atoms with van der Waals surface area (Å²) >= 11 is 0. The lowest BCUT2D eigenvalue weighted by atomic mass is 9.81. The molecular formula is C15H26N4O. The Morgan fingerprint density at radius 3 is 2.65 bits per heavy atom. The summed E-state index contributed by atoms with van der Waals surface area (Å²) in [4.78, 5) is 7.02. The van der Waals surface area contributed by atoms with Gasteiger partial charge in [-0.2, -0.15) is 4.98 Å². The number of aryl methyl sites for hydroxylation is 1. The Morgan fingerprint density at radius 2 is 2.05 bits per heavy atom. The SMILES string of the molecule is CCNC1CC2CCCC(C1)N2CCc1nc(C)no1. The molecule has 3 rings (SSSR count). The molecule has 2 aliphatic heterocycles. The lowest BCUT2D eigenvalue weighted by molar-refractivity contribution is 0.0245. The van der Waals surface area contributed by atoms with Crippen molar-refractivity contribution in [3.05, 3.63) is 11.7 Å². The number of nitrogens with zero attached hydrogens (tertiary/aromatic N) is 3. The average Bonchev–Trinajstić information content (AvgIpc) is 2.82.